The first-order chi connectivity index (χ1) is 16.1. The number of aromatic amines is 1. The molecule has 2 unspecified atom stereocenters. The quantitative estimate of drug-likeness (QED) is 0.334. The molecule has 4 heterocycles. The minimum absolute atomic E-state index is 0.0901. The number of pyridine rings is 1. The highest BCUT2D eigenvalue weighted by Gasteiger charge is 2.38. The van der Waals surface area contributed by atoms with Gasteiger partial charge < -0.3 is 25.7 Å². The molecule has 1 aromatic carbocycles. The molecule has 1 saturated heterocycles. The standard InChI is InChI=1S/C22H22N6O5S/c1-22(2,32)12-4-3-5-13(25-12)28-8-9-33-16(21(28)31)15(29)19-24-11-7-6-10-17(34-27-18(10)23)14(11)20(30)26-19/h3-7,15-16,29,32H,8-9H2,1-2H3,(H2,23,27)(H,24,26,30). The van der Waals surface area contributed by atoms with E-state index in [1.807, 2.05) is 0 Å². The molecule has 1 aliphatic rings. The van der Waals surface area contributed by atoms with Crippen LogP contribution in [-0.4, -0.2) is 54.7 Å². The highest BCUT2D eigenvalue weighted by Crippen LogP contribution is 2.31. The molecule has 0 saturated carbocycles. The van der Waals surface area contributed by atoms with Gasteiger partial charge in [0.05, 0.1) is 34.4 Å². The van der Waals surface area contributed by atoms with Gasteiger partial charge in [0.25, 0.3) is 11.5 Å². The molecular weight excluding hydrogens is 460 g/mol. The van der Waals surface area contributed by atoms with Crippen LogP contribution in [0.25, 0.3) is 21.0 Å². The van der Waals surface area contributed by atoms with Crippen LogP contribution in [0.1, 0.15) is 31.5 Å². The number of hydrogen-bond donors (Lipinski definition) is 4. The lowest BCUT2D eigenvalue weighted by molar-refractivity contribution is -0.143. The first-order valence-electron chi connectivity index (χ1n) is 10.5. The highest BCUT2D eigenvalue weighted by molar-refractivity contribution is 7.14. The number of fused-ring (bicyclic) bond motifs is 3. The lowest BCUT2D eigenvalue weighted by Gasteiger charge is -2.34. The number of morpholine rings is 1. The largest absolute Gasteiger partial charge is 0.384 e. The Bertz CT molecular complexity index is 1480. The number of benzene rings is 1. The monoisotopic (exact) mass is 482 g/mol. The molecule has 1 aliphatic heterocycles. The smallest absolute Gasteiger partial charge is 0.282 e. The number of amides is 1. The number of nitrogen functional groups attached to an aromatic ring is 1. The predicted octanol–water partition coefficient (Wildman–Crippen LogP) is 1.20. The summed E-state index contributed by atoms with van der Waals surface area (Å²) >= 11 is 1.09. The number of aromatic nitrogens is 4. The fourth-order valence-electron chi connectivity index (χ4n) is 3.93. The van der Waals surface area contributed by atoms with Crippen LogP contribution in [0.2, 0.25) is 0 Å². The summed E-state index contributed by atoms with van der Waals surface area (Å²) in [5, 5.41) is 22.2. The molecular formula is C22H22N6O5S. The number of ether oxygens (including phenoxy) is 1. The summed E-state index contributed by atoms with van der Waals surface area (Å²) in [4.78, 5) is 38.8. The molecule has 0 spiro atoms. The summed E-state index contributed by atoms with van der Waals surface area (Å²) in [6, 6.07) is 8.39. The van der Waals surface area contributed by atoms with Crippen molar-refractivity contribution in [1.82, 2.24) is 19.3 Å². The molecule has 0 radical (unpaired) electrons. The summed E-state index contributed by atoms with van der Waals surface area (Å²) in [5.74, 6) is 0.0320. The van der Waals surface area contributed by atoms with E-state index in [-0.39, 0.29) is 19.0 Å². The Hall–Kier alpha value is -3.45. The van der Waals surface area contributed by atoms with E-state index in [9.17, 15) is 19.8 Å². The number of hydrogen-bond acceptors (Lipinski definition) is 10. The van der Waals surface area contributed by atoms with Crippen molar-refractivity contribution in [2.24, 2.45) is 0 Å². The van der Waals surface area contributed by atoms with Gasteiger partial charge in [0.15, 0.2) is 6.10 Å². The van der Waals surface area contributed by atoms with Crippen molar-refractivity contribution in [3.05, 3.63) is 52.2 Å². The van der Waals surface area contributed by atoms with Crippen molar-refractivity contribution in [3.8, 4) is 0 Å². The Morgan fingerprint density at radius 2 is 2.06 bits per heavy atom. The first kappa shape index (κ1) is 22.3. The zero-order valence-corrected chi connectivity index (χ0v) is 19.2. The van der Waals surface area contributed by atoms with Crippen LogP contribution in [0.15, 0.2) is 35.1 Å². The van der Waals surface area contributed by atoms with Crippen molar-refractivity contribution >= 4 is 50.1 Å². The molecule has 0 aliphatic carbocycles. The van der Waals surface area contributed by atoms with Gasteiger partial charge in [-0.2, -0.15) is 9.36 Å². The van der Waals surface area contributed by atoms with Gasteiger partial charge in [-0.1, -0.05) is 6.07 Å². The van der Waals surface area contributed by atoms with Crippen LogP contribution in [-0.2, 0) is 15.1 Å². The number of carbonyl (C=O) groups is 1. The molecule has 0 bridgehead atoms. The summed E-state index contributed by atoms with van der Waals surface area (Å²) < 4.78 is 10.3. The molecule has 1 fully saturated rings. The van der Waals surface area contributed by atoms with Gasteiger partial charge in [0.2, 0.25) is 0 Å². The molecule has 12 heteroatoms. The van der Waals surface area contributed by atoms with E-state index >= 15 is 0 Å². The number of anilines is 2. The zero-order valence-electron chi connectivity index (χ0n) is 18.3. The third kappa shape index (κ3) is 3.70. The summed E-state index contributed by atoms with van der Waals surface area (Å²) in [6.45, 7) is 3.56. The second-order valence-corrected chi connectivity index (χ2v) is 9.30. The van der Waals surface area contributed by atoms with E-state index in [1.54, 1.807) is 44.2 Å². The Labute approximate surface area is 197 Å². The molecule has 3 aromatic heterocycles. The van der Waals surface area contributed by atoms with E-state index in [4.69, 9.17) is 10.5 Å². The summed E-state index contributed by atoms with van der Waals surface area (Å²) in [7, 11) is 0. The Morgan fingerprint density at radius 3 is 2.82 bits per heavy atom. The minimum atomic E-state index is -1.52. The number of aliphatic hydroxyl groups is 2. The number of nitrogens with one attached hydrogen (secondary N) is 1. The number of aliphatic hydroxyl groups excluding tert-OH is 1. The van der Waals surface area contributed by atoms with Gasteiger partial charge in [-0.15, -0.1) is 0 Å². The Kier molecular flexibility index (Phi) is 5.32. The van der Waals surface area contributed by atoms with Crippen LogP contribution in [0, 0.1) is 0 Å². The zero-order chi connectivity index (χ0) is 24.2. The average molecular weight is 483 g/mol. The topological polar surface area (TPSA) is 168 Å². The third-order valence-corrected chi connectivity index (χ3v) is 6.59. The van der Waals surface area contributed by atoms with E-state index in [2.05, 4.69) is 19.3 Å². The van der Waals surface area contributed by atoms with Gasteiger partial charge in [-0.3, -0.25) is 14.5 Å². The molecule has 34 heavy (non-hydrogen) atoms. The van der Waals surface area contributed by atoms with Gasteiger partial charge in [0.1, 0.15) is 29.2 Å². The molecule has 2 atom stereocenters. The van der Waals surface area contributed by atoms with Crippen LogP contribution in [0.4, 0.5) is 11.6 Å². The lowest BCUT2D eigenvalue weighted by Crippen LogP contribution is -2.51. The molecule has 5 rings (SSSR count). The molecule has 5 N–H and O–H groups in total. The van der Waals surface area contributed by atoms with Gasteiger partial charge >= 0.3 is 0 Å². The second-order valence-electron chi connectivity index (χ2n) is 8.53. The van der Waals surface area contributed by atoms with Crippen molar-refractivity contribution < 1.29 is 19.7 Å². The normalized spacial score (nSPS) is 18.1. The van der Waals surface area contributed by atoms with Crippen LogP contribution >= 0.6 is 11.5 Å². The Balaban J connectivity index is 1.49. The van der Waals surface area contributed by atoms with Crippen molar-refractivity contribution in [2.45, 2.75) is 31.7 Å². The van der Waals surface area contributed by atoms with Crippen molar-refractivity contribution in [2.75, 3.05) is 23.8 Å². The van der Waals surface area contributed by atoms with E-state index in [0.29, 0.717) is 38.3 Å². The van der Waals surface area contributed by atoms with Crippen molar-refractivity contribution in [1.29, 1.82) is 0 Å². The van der Waals surface area contributed by atoms with E-state index in [0.717, 1.165) is 11.5 Å². The van der Waals surface area contributed by atoms with Crippen LogP contribution in [0.5, 0.6) is 0 Å². The maximum Gasteiger partial charge on any atom is 0.282 e. The third-order valence-electron chi connectivity index (χ3n) is 5.69. The lowest BCUT2D eigenvalue weighted by atomic mass is 10.0. The maximum atomic E-state index is 13.2. The number of nitrogens with zero attached hydrogens (tertiary/aromatic N) is 4. The summed E-state index contributed by atoms with van der Waals surface area (Å²) in [5.41, 5.74) is 4.93. The fraction of sp³-hybridized carbons (Fsp3) is 0.318. The van der Waals surface area contributed by atoms with Crippen molar-refractivity contribution in [3.63, 3.8) is 0 Å². The van der Waals surface area contributed by atoms with E-state index < -0.39 is 29.3 Å². The fourth-order valence-corrected chi connectivity index (χ4v) is 4.78. The van der Waals surface area contributed by atoms with Gasteiger partial charge in [-0.05, 0) is 49.6 Å². The second kappa shape index (κ2) is 8.09. The minimum Gasteiger partial charge on any atom is -0.384 e. The molecule has 1 amide bonds. The molecule has 176 valence electrons. The number of nitrogens with two attached hydrogens (primary N) is 1. The number of rotatable bonds is 4. The van der Waals surface area contributed by atoms with Gasteiger partial charge in [0, 0.05) is 5.39 Å². The van der Waals surface area contributed by atoms with Crippen LogP contribution in [0.3, 0.4) is 0 Å². The number of H-pyrrole nitrogens is 1. The predicted molar refractivity (Wildman–Crippen MR) is 126 cm³/mol. The van der Waals surface area contributed by atoms with Crippen LogP contribution < -0.4 is 16.2 Å². The Morgan fingerprint density at radius 1 is 1.26 bits per heavy atom. The molecule has 11 nitrogen and oxygen atoms in total. The van der Waals surface area contributed by atoms with Gasteiger partial charge in [-0.25, -0.2) is 4.98 Å². The maximum absolute atomic E-state index is 13.2. The SMILES string of the molecule is CC(C)(O)c1cccc(N2CCOC(C(O)c3nc(=O)c4c(ccc5c(N)nsc54)[nH]3)C2=O)n1. The highest BCUT2D eigenvalue weighted by atomic mass is 32.1. The average Bonchev–Trinajstić information content (AvgIpc) is 3.18. The molecule has 4 aromatic rings. The number of carbonyl (C=O) groups excluding carboxylic acids is 1. The first-order valence-corrected chi connectivity index (χ1v) is 11.3. The van der Waals surface area contributed by atoms with E-state index in [1.165, 1.54) is 4.90 Å². The summed E-state index contributed by atoms with van der Waals surface area (Å²) in [6.07, 6.45) is -2.82.